The number of carbonyl (C=O) groups is 1. The number of hydrogen-bond acceptors (Lipinski definition) is 3. The van der Waals surface area contributed by atoms with E-state index in [-0.39, 0.29) is 5.78 Å². The van der Waals surface area contributed by atoms with Crippen molar-refractivity contribution in [2.45, 2.75) is 60.0 Å². The summed E-state index contributed by atoms with van der Waals surface area (Å²) in [6.07, 6.45) is 10.7. The van der Waals surface area contributed by atoms with Crippen LogP contribution in [0.1, 0.15) is 55.6 Å². The van der Waals surface area contributed by atoms with Gasteiger partial charge in [-0.25, -0.2) is 0 Å². The molecule has 2 aromatic rings. The fourth-order valence-electron chi connectivity index (χ4n) is 3.23. The van der Waals surface area contributed by atoms with Crippen LogP contribution in [0.4, 0.5) is 0 Å². The maximum atomic E-state index is 12.9. The van der Waals surface area contributed by atoms with Crippen molar-refractivity contribution in [1.29, 1.82) is 0 Å². The Kier molecular flexibility index (Phi) is 5.02. The van der Waals surface area contributed by atoms with Gasteiger partial charge in [-0.1, -0.05) is 0 Å². The first kappa shape index (κ1) is 17.4. The van der Waals surface area contributed by atoms with Crippen molar-refractivity contribution >= 4 is 17.9 Å². The van der Waals surface area contributed by atoms with E-state index >= 15 is 0 Å². The third-order valence-electron chi connectivity index (χ3n) is 4.75. The van der Waals surface area contributed by atoms with Gasteiger partial charge in [-0.15, -0.1) is 0 Å². The van der Waals surface area contributed by atoms with Crippen LogP contribution in [0.3, 0.4) is 0 Å². The lowest BCUT2D eigenvalue weighted by molar-refractivity contribution is -0.112. The second kappa shape index (κ2) is 7.21. The average molecular weight is 338 g/mol. The Bertz CT molecular complexity index is 783. The fourth-order valence-corrected chi connectivity index (χ4v) is 3.23. The Balaban J connectivity index is 1.90. The van der Waals surface area contributed by atoms with E-state index in [4.69, 9.17) is 0 Å². The number of ketones is 1. The standard InChI is InChI=1S/C20H26N4O/c1-5-23-12-18(14(3)21-23)10-16-8-7-9-17(20(16)25)11-19-13-24(6-2)22-15(19)4/h10-13H,5-9H2,1-4H3. The summed E-state index contributed by atoms with van der Waals surface area (Å²) >= 11 is 0. The zero-order valence-corrected chi connectivity index (χ0v) is 15.5. The normalized spacial score (nSPS) is 18.5. The highest BCUT2D eigenvalue weighted by atomic mass is 16.1. The van der Waals surface area contributed by atoms with Crippen LogP contribution in [0.2, 0.25) is 0 Å². The Morgan fingerprint density at radius 2 is 1.36 bits per heavy atom. The summed E-state index contributed by atoms with van der Waals surface area (Å²) in [5, 5.41) is 8.93. The van der Waals surface area contributed by atoms with Gasteiger partial charge in [0.1, 0.15) is 0 Å². The number of carbonyl (C=O) groups excluding carboxylic acids is 1. The lowest BCUT2D eigenvalue weighted by Crippen LogP contribution is -2.12. The lowest BCUT2D eigenvalue weighted by atomic mass is 9.87. The number of allylic oxidation sites excluding steroid dienone is 2. The Hall–Kier alpha value is -2.43. The second-order valence-electron chi connectivity index (χ2n) is 6.57. The highest BCUT2D eigenvalue weighted by Gasteiger charge is 2.21. The highest BCUT2D eigenvalue weighted by molar-refractivity contribution is 6.14. The van der Waals surface area contributed by atoms with Crippen molar-refractivity contribution in [3.05, 3.63) is 46.1 Å². The number of Topliss-reactive ketones (excluding diaryl/α,β-unsaturated/α-hetero) is 1. The van der Waals surface area contributed by atoms with Gasteiger partial charge in [0, 0.05) is 47.8 Å². The first-order valence-electron chi connectivity index (χ1n) is 9.05. The van der Waals surface area contributed by atoms with Crippen molar-refractivity contribution in [3.8, 4) is 0 Å². The van der Waals surface area contributed by atoms with Crippen LogP contribution >= 0.6 is 0 Å². The minimum absolute atomic E-state index is 0.165. The molecular formula is C20H26N4O. The predicted octanol–water partition coefficient (Wildman–Crippen LogP) is 3.96. The number of nitrogens with zero attached hydrogens (tertiary/aromatic N) is 4. The van der Waals surface area contributed by atoms with Gasteiger partial charge in [0.2, 0.25) is 0 Å². The van der Waals surface area contributed by atoms with Crippen molar-refractivity contribution in [2.75, 3.05) is 0 Å². The maximum Gasteiger partial charge on any atom is 0.185 e. The molecule has 0 radical (unpaired) electrons. The summed E-state index contributed by atoms with van der Waals surface area (Å²) < 4.78 is 3.82. The molecule has 0 bridgehead atoms. The molecule has 5 heteroatoms. The van der Waals surface area contributed by atoms with Gasteiger partial charge in [0.25, 0.3) is 0 Å². The summed E-state index contributed by atoms with van der Waals surface area (Å²) in [5.74, 6) is 0.165. The van der Waals surface area contributed by atoms with Crippen molar-refractivity contribution in [2.24, 2.45) is 0 Å². The zero-order chi connectivity index (χ0) is 18.0. The monoisotopic (exact) mass is 338 g/mol. The Morgan fingerprint density at radius 3 is 1.72 bits per heavy atom. The minimum atomic E-state index is 0.165. The molecule has 1 aliphatic carbocycles. The van der Waals surface area contributed by atoms with Crippen LogP contribution in [-0.2, 0) is 17.9 Å². The highest BCUT2D eigenvalue weighted by Crippen LogP contribution is 2.29. The minimum Gasteiger partial charge on any atom is -0.289 e. The first-order valence-corrected chi connectivity index (χ1v) is 9.05. The lowest BCUT2D eigenvalue weighted by Gasteiger charge is -2.16. The molecular weight excluding hydrogens is 312 g/mol. The maximum absolute atomic E-state index is 12.9. The van der Waals surface area contributed by atoms with E-state index in [1.807, 2.05) is 47.8 Å². The SMILES string of the molecule is CCn1cc(C=C2CCCC(=Cc3cn(CC)nc3C)C2=O)c(C)n1. The number of rotatable bonds is 4. The molecule has 0 aromatic carbocycles. The number of aryl methyl sites for hydroxylation is 4. The molecule has 3 rings (SSSR count). The Labute approximate surface area is 149 Å². The van der Waals surface area contributed by atoms with Gasteiger partial charge in [-0.05, 0) is 59.1 Å². The summed E-state index contributed by atoms with van der Waals surface area (Å²) in [4.78, 5) is 12.9. The van der Waals surface area contributed by atoms with Crippen LogP contribution in [0, 0.1) is 13.8 Å². The smallest absolute Gasteiger partial charge is 0.185 e. The summed E-state index contributed by atoms with van der Waals surface area (Å²) in [6.45, 7) is 9.79. The number of aromatic nitrogens is 4. The van der Waals surface area contributed by atoms with E-state index in [0.29, 0.717) is 0 Å². The van der Waals surface area contributed by atoms with Crippen molar-refractivity contribution in [3.63, 3.8) is 0 Å². The van der Waals surface area contributed by atoms with Crippen LogP contribution in [0.15, 0.2) is 23.5 Å². The van der Waals surface area contributed by atoms with E-state index in [1.54, 1.807) is 0 Å². The molecule has 1 fully saturated rings. The number of hydrogen-bond donors (Lipinski definition) is 0. The molecule has 1 saturated carbocycles. The molecule has 2 heterocycles. The van der Waals surface area contributed by atoms with Crippen LogP contribution in [0.5, 0.6) is 0 Å². The molecule has 5 nitrogen and oxygen atoms in total. The van der Waals surface area contributed by atoms with Gasteiger partial charge in [-0.2, -0.15) is 10.2 Å². The molecule has 1 aliphatic rings. The summed E-state index contributed by atoms with van der Waals surface area (Å²) in [7, 11) is 0. The second-order valence-corrected chi connectivity index (χ2v) is 6.57. The average Bonchev–Trinajstić information content (AvgIpc) is 3.14. The third kappa shape index (κ3) is 3.65. The quantitative estimate of drug-likeness (QED) is 0.793. The molecule has 2 aromatic heterocycles. The van der Waals surface area contributed by atoms with Gasteiger partial charge >= 0.3 is 0 Å². The zero-order valence-electron chi connectivity index (χ0n) is 15.5. The molecule has 0 N–H and O–H groups in total. The largest absolute Gasteiger partial charge is 0.289 e. The van der Waals surface area contributed by atoms with Gasteiger partial charge < -0.3 is 0 Å². The van der Waals surface area contributed by atoms with Gasteiger partial charge in [0.15, 0.2) is 5.78 Å². The van der Waals surface area contributed by atoms with E-state index in [9.17, 15) is 4.79 Å². The van der Waals surface area contributed by atoms with Crippen LogP contribution < -0.4 is 0 Å². The molecule has 0 spiro atoms. The molecule has 25 heavy (non-hydrogen) atoms. The molecule has 0 unspecified atom stereocenters. The fraction of sp³-hybridized carbons (Fsp3) is 0.450. The van der Waals surface area contributed by atoms with Gasteiger partial charge in [0.05, 0.1) is 11.4 Å². The molecule has 0 saturated heterocycles. The molecule has 0 aliphatic heterocycles. The van der Waals surface area contributed by atoms with Crippen molar-refractivity contribution < 1.29 is 4.79 Å². The van der Waals surface area contributed by atoms with Crippen molar-refractivity contribution in [1.82, 2.24) is 19.6 Å². The third-order valence-corrected chi connectivity index (χ3v) is 4.75. The van der Waals surface area contributed by atoms with E-state index in [1.165, 1.54) is 0 Å². The van der Waals surface area contributed by atoms with Gasteiger partial charge in [-0.3, -0.25) is 14.2 Å². The molecule has 0 atom stereocenters. The molecule has 132 valence electrons. The Morgan fingerprint density at radius 1 is 0.920 bits per heavy atom. The van der Waals surface area contributed by atoms with E-state index in [2.05, 4.69) is 24.0 Å². The van der Waals surface area contributed by atoms with Crippen LogP contribution in [0.25, 0.3) is 12.2 Å². The van der Waals surface area contributed by atoms with E-state index < -0.39 is 0 Å². The first-order chi connectivity index (χ1) is 12.0. The topological polar surface area (TPSA) is 52.7 Å². The summed E-state index contributed by atoms with van der Waals surface area (Å²) in [6, 6.07) is 0. The van der Waals surface area contributed by atoms with Crippen LogP contribution in [-0.4, -0.2) is 25.3 Å². The summed E-state index contributed by atoms with van der Waals surface area (Å²) in [5.41, 5.74) is 5.80. The molecule has 0 amide bonds. The van der Waals surface area contributed by atoms with E-state index in [0.717, 1.165) is 66.0 Å². The predicted molar refractivity (Wildman–Crippen MR) is 100 cm³/mol.